The second-order valence-electron chi connectivity index (χ2n) is 5.21. The van der Waals surface area contributed by atoms with Gasteiger partial charge in [0.1, 0.15) is 5.52 Å². The van der Waals surface area contributed by atoms with Crippen LogP contribution in [0.3, 0.4) is 0 Å². The van der Waals surface area contributed by atoms with Crippen molar-refractivity contribution in [2.75, 3.05) is 10.5 Å². The maximum Gasteiger partial charge on any atom is 0.274 e. The number of hydrogen-bond donors (Lipinski definition) is 2. The molecular formula is C17H17N3O2S. The number of aldehydes is 1. The molecule has 0 radical (unpaired) electrons. The van der Waals surface area contributed by atoms with E-state index in [-0.39, 0.29) is 5.56 Å². The molecule has 0 aliphatic heterocycles. The average molecular weight is 327 g/mol. The van der Waals surface area contributed by atoms with Gasteiger partial charge >= 0.3 is 0 Å². The normalized spacial score (nSPS) is 10.9. The van der Waals surface area contributed by atoms with Crippen molar-refractivity contribution in [3.05, 3.63) is 52.6 Å². The molecule has 3 rings (SSSR count). The van der Waals surface area contributed by atoms with Gasteiger partial charge in [0.2, 0.25) is 0 Å². The van der Waals surface area contributed by atoms with Crippen LogP contribution in [0.1, 0.15) is 17.4 Å². The van der Waals surface area contributed by atoms with Crippen LogP contribution in [0.5, 0.6) is 0 Å². The second-order valence-corrected chi connectivity index (χ2v) is 6.28. The van der Waals surface area contributed by atoms with Crippen LogP contribution in [0.15, 0.2) is 41.3 Å². The number of rotatable bonds is 5. The lowest BCUT2D eigenvalue weighted by atomic mass is 10.0. The summed E-state index contributed by atoms with van der Waals surface area (Å²) in [5.41, 5.74) is 3.62. The van der Waals surface area contributed by atoms with Crippen molar-refractivity contribution in [1.82, 2.24) is 9.55 Å². The number of benzene rings is 1. The first kappa shape index (κ1) is 15.4. The van der Waals surface area contributed by atoms with Crippen molar-refractivity contribution < 1.29 is 4.79 Å². The summed E-state index contributed by atoms with van der Waals surface area (Å²) in [5, 5.41) is 0.760. The van der Waals surface area contributed by atoms with E-state index in [9.17, 15) is 9.59 Å². The predicted molar refractivity (Wildman–Crippen MR) is 96.1 cm³/mol. The maximum atomic E-state index is 12.2. The monoisotopic (exact) mass is 327 g/mol. The molecule has 0 saturated heterocycles. The number of nitrogens with zero attached hydrogens (tertiary/aromatic N) is 1. The molecule has 3 aromatic rings. The highest BCUT2D eigenvalue weighted by Crippen LogP contribution is 2.29. The summed E-state index contributed by atoms with van der Waals surface area (Å²) in [5.74, 6) is 0.967. The Morgan fingerprint density at radius 1 is 1.35 bits per heavy atom. The Morgan fingerprint density at radius 2 is 2.17 bits per heavy atom. The van der Waals surface area contributed by atoms with Gasteiger partial charge in [-0.05, 0) is 23.8 Å². The van der Waals surface area contributed by atoms with E-state index >= 15 is 0 Å². The number of nitrogens with one attached hydrogen (secondary N) is 2. The fourth-order valence-corrected chi connectivity index (χ4v) is 2.99. The first-order chi connectivity index (χ1) is 11.1. The zero-order valence-corrected chi connectivity index (χ0v) is 13.7. The van der Waals surface area contributed by atoms with E-state index in [0.29, 0.717) is 11.2 Å². The average Bonchev–Trinajstić information content (AvgIpc) is 3.01. The lowest BCUT2D eigenvalue weighted by Gasteiger charge is -2.09. The highest BCUT2D eigenvalue weighted by Gasteiger charge is 2.12. The van der Waals surface area contributed by atoms with Gasteiger partial charge < -0.3 is 14.3 Å². The number of hydrogen-bond acceptors (Lipinski definition) is 4. The van der Waals surface area contributed by atoms with Crippen molar-refractivity contribution in [3.63, 3.8) is 0 Å². The number of pyridine rings is 1. The van der Waals surface area contributed by atoms with Crippen LogP contribution in [0.25, 0.3) is 22.0 Å². The number of aromatic nitrogens is 2. The topological polar surface area (TPSA) is 66.9 Å². The molecule has 1 aromatic carbocycles. The van der Waals surface area contributed by atoms with E-state index in [0.717, 1.165) is 34.2 Å². The van der Waals surface area contributed by atoms with Crippen molar-refractivity contribution in [3.8, 4) is 11.1 Å². The van der Waals surface area contributed by atoms with Crippen molar-refractivity contribution >= 4 is 34.8 Å². The van der Waals surface area contributed by atoms with E-state index in [4.69, 9.17) is 0 Å². The van der Waals surface area contributed by atoms with Crippen molar-refractivity contribution in [2.24, 2.45) is 7.05 Å². The number of fused-ring (bicyclic) bond motifs is 1. The maximum absolute atomic E-state index is 12.2. The summed E-state index contributed by atoms with van der Waals surface area (Å²) in [6, 6.07) is 9.72. The quantitative estimate of drug-likeness (QED) is 0.556. The molecule has 0 saturated carbocycles. The highest BCUT2D eigenvalue weighted by molar-refractivity contribution is 8.00. The second kappa shape index (κ2) is 6.34. The lowest BCUT2D eigenvalue weighted by Crippen LogP contribution is -2.16. The predicted octanol–water partition coefficient (Wildman–Crippen LogP) is 3.43. The number of carbonyl (C=O) groups is 1. The Morgan fingerprint density at radius 3 is 2.91 bits per heavy atom. The number of anilines is 1. The molecule has 2 N–H and O–H groups in total. The molecule has 0 aliphatic carbocycles. The first-order valence-electron chi connectivity index (χ1n) is 7.29. The first-order valence-corrected chi connectivity index (χ1v) is 8.28. The summed E-state index contributed by atoms with van der Waals surface area (Å²) in [6.07, 6.45) is 2.53. The van der Waals surface area contributed by atoms with E-state index in [2.05, 4.69) is 16.6 Å². The summed E-state index contributed by atoms with van der Waals surface area (Å²) < 4.78 is 4.81. The highest BCUT2D eigenvalue weighted by atomic mass is 32.2. The Kier molecular flexibility index (Phi) is 4.25. The molecule has 0 spiro atoms. The van der Waals surface area contributed by atoms with Crippen LogP contribution in [0.2, 0.25) is 0 Å². The molecule has 0 unspecified atom stereocenters. The smallest absolute Gasteiger partial charge is 0.274 e. The third-order valence-electron chi connectivity index (χ3n) is 3.62. The van der Waals surface area contributed by atoms with Gasteiger partial charge in [0.25, 0.3) is 5.56 Å². The zero-order valence-electron chi connectivity index (χ0n) is 12.9. The van der Waals surface area contributed by atoms with Gasteiger partial charge in [-0.1, -0.05) is 31.0 Å². The van der Waals surface area contributed by atoms with Crippen LogP contribution >= 0.6 is 11.9 Å². The van der Waals surface area contributed by atoms with Gasteiger partial charge in [-0.3, -0.25) is 9.59 Å². The van der Waals surface area contributed by atoms with Crippen molar-refractivity contribution in [1.29, 1.82) is 0 Å². The van der Waals surface area contributed by atoms with Gasteiger partial charge in [0.05, 0.1) is 5.69 Å². The van der Waals surface area contributed by atoms with Crippen LogP contribution < -0.4 is 10.3 Å². The Hall–Kier alpha value is -2.47. The fourth-order valence-electron chi connectivity index (χ4n) is 2.55. The molecule has 2 heterocycles. The minimum Gasteiger partial charge on any atom is -0.348 e. The van der Waals surface area contributed by atoms with E-state index in [1.807, 2.05) is 24.3 Å². The zero-order chi connectivity index (χ0) is 16.4. The number of H-pyrrole nitrogens is 1. The van der Waals surface area contributed by atoms with Crippen LogP contribution in [-0.4, -0.2) is 21.6 Å². The number of aromatic amines is 1. The van der Waals surface area contributed by atoms with Crippen LogP contribution in [-0.2, 0) is 7.05 Å². The molecule has 0 aliphatic rings. The van der Waals surface area contributed by atoms with E-state index < -0.39 is 0 Å². The van der Waals surface area contributed by atoms with Gasteiger partial charge in [-0.2, -0.15) is 0 Å². The van der Waals surface area contributed by atoms with Crippen molar-refractivity contribution in [2.45, 2.75) is 6.92 Å². The summed E-state index contributed by atoms with van der Waals surface area (Å²) >= 11 is 1.62. The fraction of sp³-hybridized carbons (Fsp3) is 0.176. The summed E-state index contributed by atoms with van der Waals surface area (Å²) in [4.78, 5) is 26.2. The molecular weight excluding hydrogens is 310 g/mol. The molecule has 0 atom stereocenters. The minimum absolute atomic E-state index is 0.146. The molecule has 2 aromatic heterocycles. The number of carbonyl (C=O) groups excluding carboxylic acids is 1. The Bertz CT molecular complexity index is 927. The van der Waals surface area contributed by atoms with Crippen LogP contribution in [0.4, 0.5) is 5.69 Å². The largest absolute Gasteiger partial charge is 0.348 e. The van der Waals surface area contributed by atoms with Gasteiger partial charge in [-0.15, -0.1) is 0 Å². The minimum atomic E-state index is -0.146. The lowest BCUT2D eigenvalue weighted by molar-refractivity contribution is 0.112. The van der Waals surface area contributed by atoms with Gasteiger partial charge in [0.15, 0.2) is 6.29 Å². The SMILES string of the molecule is CCSNc1cccc(-c2cn(C)c(=O)c3[nH]c(C=O)cc23)c1. The van der Waals surface area contributed by atoms with Crippen LogP contribution in [0, 0.1) is 0 Å². The molecule has 118 valence electrons. The summed E-state index contributed by atoms with van der Waals surface area (Å²) in [6.45, 7) is 2.08. The standard InChI is InChI=1S/C17H17N3O2S/c1-3-23-19-12-6-4-5-11(7-12)15-9-20(2)17(22)16-14(15)8-13(10-21)18-16/h4-10,18-19H,3H2,1-2H3. The molecule has 0 amide bonds. The molecule has 6 heteroatoms. The Balaban J connectivity index is 2.19. The van der Waals surface area contributed by atoms with E-state index in [1.54, 1.807) is 31.3 Å². The van der Waals surface area contributed by atoms with E-state index in [1.165, 1.54) is 4.57 Å². The van der Waals surface area contributed by atoms with Gasteiger partial charge in [0, 0.05) is 35.6 Å². The third-order valence-corrected chi connectivity index (χ3v) is 4.29. The molecule has 0 fully saturated rings. The number of aryl methyl sites for hydroxylation is 1. The molecule has 0 bridgehead atoms. The molecule has 5 nitrogen and oxygen atoms in total. The summed E-state index contributed by atoms with van der Waals surface area (Å²) in [7, 11) is 1.71. The Labute approximate surface area is 137 Å². The molecule has 23 heavy (non-hydrogen) atoms. The third kappa shape index (κ3) is 2.90. The van der Waals surface area contributed by atoms with Gasteiger partial charge in [-0.25, -0.2) is 0 Å².